The fourth-order valence-electron chi connectivity index (χ4n) is 2.37. The van der Waals surface area contributed by atoms with Gasteiger partial charge in [-0.15, -0.1) is 0 Å². The molecule has 2 rings (SSSR count). The van der Waals surface area contributed by atoms with Gasteiger partial charge in [0.25, 0.3) is 0 Å². The van der Waals surface area contributed by atoms with Crippen LogP contribution in [0.3, 0.4) is 0 Å². The highest BCUT2D eigenvalue weighted by atomic mass is 32.2. The van der Waals surface area contributed by atoms with Crippen molar-refractivity contribution in [2.45, 2.75) is 38.3 Å². The van der Waals surface area contributed by atoms with Gasteiger partial charge in [0.05, 0.1) is 18.1 Å². The van der Waals surface area contributed by atoms with E-state index in [1.165, 1.54) is 4.31 Å². The van der Waals surface area contributed by atoms with Crippen LogP contribution in [0.5, 0.6) is 0 Å². The second-order valence-corrected chi connectivity index (χ2v) is 7.50. The molecule has 21 heavy (non-hydrogen) atoms. The predicted octanol–water partition coefficient (Wildman–Crippen LogP) is 1.51. The fourth-order valence-corrected chi connectivity index (χ4v) is 4.05. The van der Waals surface area contributed by atoms with Crippen molar-refractivity contribution in [3.8, 4) is 0 Å². The number of sulfonamides is 1. The highest BCUT2D eigenvalue weighted by Gasteiger charge is 2.28. The Bertz CT molecular complexity index is 579. The maximum atomic E-state index is 12.7. The van der Waals surface area contributed by atoms with Gasteiger partial charge in [-0.25, -0.2) is 8.42 Å². The van der Waals surface area contributed by atoms with Crippen molar-refractivity contribution in [2.24, 2.45) is 0 Å². The average Bonchev–Trinajstić information content (AvgIpc) is 2.46. The highest BCUT2D eigenvalue weighted by molar-refractivity contribution is 7.89. The van der Waals surface area contributed by atoms with E-state index in [1.807, 2.05) is 19.1 Å². The van der Waals surface area contributed by atoms with Crippen molar-refractivity contribution in [1.82, 2.24) is 9.62 Å². The number of nitrogens with zero attached hydrogens (tertiary/aromatic N) is 1. The lowest BCUT2D eigenvalue weighted by atomic mass is 10.1. The van der Waals surface area contributed by atoms with E-state index in [0.717, 1.165) is 11.1 Å². The maximum absolute atomic E-state index is 12.7. The Balaban J connectivity index is 2.28. The first-order valence-electron chi connectivity index (χ1n) is 7.32. The van der Waals surface area contributed by atoms with Crippen LogP contribution in [0.15, 0.2) is 23.1 Å². The van der Waals surface area contributed by atoms with Gasteiger partial charge in [0.1, 0.15) is 0 Å². The lowest BCUT2D eigenvalue weighted by molar-refractivity contribution is 0.0730. The molecule has 0 radical (unpaired) electrons. The molecule has 1 aromatic carbocycles. The summed E-state index contributed by atoms with van der Waals surface area (Å²) in [4.78, 5) is 0.410. The first-order valence-corrected chi connectivity index (χ1v) is 8.76. The molecule has 0 spiro atoms. The third-order valence-corrected chi connectivity index (χ3v) is 5.73. The summed E-state index contributed by atoms with van der Waals surface area (Å²) < 4.78 is 32.2. The normalized spacial score (nSPS) is 17.3. The molecule has 5 nitrogen and oxygen atoms in total. The number of benzene rings is 1. The highest BCUT2D eigenvalue weighted by Crippen LogP contribution is 2.23. The summed E-state index contributed by atoms with van der Waals surface area (Å²) in [6.07, 6.45) is 0. The van der Waals surface area contributed by atoms with E-state index in [2.05, 4.69) is 19.2 Å². The molecule has 0 unspecified atom stereocenters. The molecule has 0 aliphatic carbocycles. The first-order chi connectivity index (χ1) is 9.93. The Hall–Kier alpha value is -0.950. The summed E-state index contributed by atoms with van der Waals surface area (Å²) in [7, 11) is -3.43. The third-order valence-electron chi connectivity index (χ3n) is 3.68. The van der Waals surface area contributed by atoms with Gasteiger partial charge in [0.15, 0.2) is 0 Å². The van der Waals surface area contributed by atoms with E-state index in [0.29, 0.717) is 43.8 Å². The van der Waals surface area contributed by atoms with Crippen LogP contribution in [-0.4, -0.2) is 45.1 Å². The monoisotopic (exact) mass is 312 g/mol. The zero-order valence-corrected chi connectivity index (χ0v) is 13.7. The average molecular weight is 312 g/mol. The van der Waals surface area contributed by atoms with E-state index in [1.54, 1.807) is 6.07 Å². The summed E-state index contributed by atoms with van der Waals surface area (Å²) in [5.41, 5.74) is 1.86. The topological polar surface area (TPSA) is 58.6 Å². The lowest BCUT2D eigenvalue weighted by Gasteiger charge is -2.27. The van der Waals surface area contributed by atoms with Gasteiger partial charge in [-0.1, -0.05) is 26.0 Å². The molecule has 6 heteroatoms. The molecule has 1 aliphatic heterocycles. The Morgan fingerprint density at radius 2 is 1.95 bits per heavy atom. The van der Waals surface area contributed by atoms with Crippen LogP contribution in [0, 0.1) is 6.92 Å². The number of hydrogen-bond donors (Lipinski definition) is 1. The second kappa shape index (κ2) is 6.87. The molecule has 0 aromatic heterocycles. The number of nitrogens with one attached hydrogen (secondary N) is 1. The minimum absolute atomic E-state index is 0.365. The van der Waals surface area contributed by atoms with Gasteiger partial charge in [-0.3, -0.25) is 0 Å². The number of rotatable bonds is 5. The van der Waals surface area contributed by atoms with Crippen LogP contribution in [-0.2, 0) is 21.3 Å². The van der Waals surface area contributed by atoms with Gasteiger partial charge in [0.2, 0.25) is 10.0 Å². The molecule has 0 amide bonds. The molecule has 0 saturated carbocycles. The quantitative estimate of drug-likeness (QED) is 0.895. The molecule has 1 fully saturated rings. The van der Waals surface area contributed by atoms with E-state index >= 15 is 0 Å². The van der Waals surface area contributed by atoms with Crippen molar-refractivity contribution in [3.63, 3.8) is 0 Å². The molecular weight excluding hydrogens is 288 g/mol. The third kappa shape index (κ3) is 3.83. The van der Waals surface area contributed by atoms with Gasteiger partial charge in [-0.2, -0.15) is 4.31 Å². The standard InChI is InChI=1S/C15H24N2O3S/c1-12(2)16-11-14-5-4-6-15(13(14)3)21(18,19)17-7-9-20-10-8-17/h4-6,12,16H,7-11H2,1-3H3. The summed E-state index contributed by atoms with van der Waals surface area (Å²) >= 11 is 0. The maximum Gasteiger partial charge on any atom is 0.243 e. The SMILES string of the molecule is Cc1c(CNC(C)C)cccc1S(=O)(=O)N1CCOCC1. The van der Waals surface area contributed by atoms with Gasteiger partial charge < -0.3 is 10.1 Å². The van der Waals surface area contributed by atoms with Crippen LogP contribution in [0.2, 0.25) is 0 Å². The Morgan fingerprint density at radius 3 is 2.57 bits per heavy atom. The summed E-state index contributed by atoms with van der Waals surface area (Å²) in [6, 6.07) is 5.85. The van der Waals surface area contributed by atoms with E-state index in [4.69, 9.17) is 4.74 Å². The first kappa shape index (κ1) is 16.4. The zero-order chi connectivity index (χ0) is 15.5. The molecule has 0 bridgehead atoms. The molecule has 1 N–H and O–H groups in total. The van der Waals surface area contributed by atoms with E-state index in [9.17, 15) is 8.42 Å². The van der Waals surface area contributed by atoms with Crippen molar-refractivity contribution in [1.29, 1.82) is 0 Å². The number of morpholine rings is 1. The van der Waals surface area contributed by atoms with Gasteiger partial charge in [-0.05, 0) is 24.1 Å². The Labute approximate surface area is 127 Å². The van der Waals surface area contributed by atoms with Crippen molar-refractivity contribution in [2.75, 3.05) is 26.3 Å². The largest absolute Gasteiger partial charge is 0.379 e. The Kier molecular flexibility index (Phi) is 5.37. The van der Waals surface area contributed by atoms with Crippen molar-refractivity contribution in [3.05, 3.63) is 29.3 Å². The fraction of sp³-hybridized carbons (Fsp3) is 0.600. The molecule has 0 atom stereocenters. The van der Waals surface area contributed by atoms with Crippen LogP contribution >= 0.6 is 0 Å². The smallest absolute Gasteiger partial charge is 0.243 e. The lowest BCUT2D eigenvalue weighted by Crippen LogP contribution is -2.40. The van der Waals surface area contributed by atoms with Gasteiger partial charge >= 0.3 is 0 Å². The molecular formula is C15H24N2O3S. The second-order valence-electron chi connectivity index (χ2n) is 5.59. The summed E-state index contributed by atoms with van der Waals surface area (Å²) in [5, 5.41) is 3.33. The predicted molar refractivity (Wildman–Crippen MR) is 82.7 cm³/mol. The number of ether oxygens (including phenoxy) is 1. The molecule has 1 heterocycles. The van der Waals surface area contributed by atoms with Crippen LogP contribution in [0.25, 0.3) is 0 Å². The molecule has 1 saturated heterocycles. The minimum Gasteiger partial charge on any atom is -0.379 e. The van der Waals surface area contributed by atoms with Crippen molar-refractivity contribution >= 4 is 10.0 Å². The minimum atomic E-state index is -3.43. The van der Waals surface area contributed by atoms with E-state index < -0.39 is 10.0 Å². The van der Waals surface area contributed by atoms with Crippen molar-refractivity contribution < 1.29 is 13.2 Å². The molecule has 1 aromatic rings. The summed E-state index contributed by atoms with van der Waals surface area (Å²) in [5.74, 6) is 0. The van der Waals surface area contributed by atoms with Crippen LogP contribution < -0.4 is 5.32 Å². The number of hydrogen-bond acceptors (Lipinski definition) is 4. The Morgan fingerprint density at radius 1 is 1.29 bits per heavy atom. The summed E-state index contributed by atoms with van der Waals surface area (Å²) in [6.45, 7) is 8.49. The van der Waals surface area contributed by atoms with Gasteiger partial charge in [0, 0.05) is 25.7 Å². The van der Waals surface area contributed by atoms with Crippen LogP contribution in [0.4, 0.5) is 0 Å². The van der Waals surface area contributed by atoms with E-state index in [-0.39, 0.29) is 0 Å². The molecule has 1 aliphatic rings. The molecule has 118 valence electrons. The zero-order valence-electron chi connectivity index (χ0n) is 12.9. The van der Waals surface area contributed by atoms with Crippen LogP contribution in [0.1, 0.15) is 25.0 Å².